The lowest BCUT2D eigenvalue weighted by molar-refractivity contribution is 0.0950. The molecule has 4 aromatic rings. The van der Waals surface area contributed by atoms with Crippen molar-refractivity contribution in [1.82, 2.24) is 25.2 Å². The number of fused-ring (bicyclic) bond motifs is 1. The highest BCUT2D eigenvalue weighted by Gasteiger charge is 2.19. The summed E-state index contributed by atoms with van der Waals surface area (Å²) in [5.41, 5.74) is 7.51. The zero-order chi connectivity index (χ0) is 28.4. The molecule has 208 valence electrons. The fraction of sp³-hybridized carbons (Fsp3) is 0.375. The van der Waals surface area contributed by atoms with Gasteiger partial charge in [0, 0.05) is 66.8 Å². The van der Waals surface area contributed by atoms with Crippen LogP contribution in [0.15, 0.2) is 47.4 Å². The molecule has 1 saturated heterocycles. The summed E-state index contributed by atoms with van der Waals surface area (Å²) in [5, 5.41) is 3.98. The third-order valence-corrected chi connectivity index (χ3v) is 7.80. The van der Waals surface area contributed by atoms with Gasteiger partial charge in [0.1, 0.15) is 5.82 Å². The molecule has 5 rings (SSSR count). The van der Waals surface area contributed by atoms with Gasteiger partial charge in [-0.25, -0.2) is 4.98 Å². The number of amides is 1. The molecular formula is C32H38N6O2. The summed E-state index contributed by atoms with van der Waals surface area (Å²) in [6, 6.07) is 12.1. The summed E-state index contributed by atoms with van der Waals surface area (Å²) < 4.78 is 0. The van der Waals surface area contributed by atoms with Gasteiger partial charge in [0.25, 0.3) is 11.5 Å². The Hall–Kier alpha value is -4.04. The first-order chi connectivity index (χ1) is 19.2. The molecule has 40 heavy (non-hydrogen) atoms. The number of benzene rings is 1. The van der Waals surface area contributed by atoms with Crippen molar-refractivity contribution in [1.29, 1.82) is 0 Å². The lowest BCUT2D eigenvalue weighted by Gasteiger charge is -2.33. The van der Waals surface area contributed by atoms with Crippen molar-refractivity contribution in [2.24, 2.45) is 0 Å². The molecule has 8 nitrogen and oxygen atoms in total. The number of nitrogens with one attached hydrogen (secondary N) is 2. The van der Waals surface area contributed by atoms with Gasteiger partial charge in [0.15, 0.2) is 0 Å². The van der Waals surface area contributed by atoms with Crippen LogP contribution in [0.5, 0.6) is 0 Å². The highest BCUT2D eigenvalue weighted by molar-refractivity contribution is 6.04. The first kappa shape index (κ1) is 27.5. The molecule has 1 aromatic carbocycles. The maximum atomic E-state index is 13.3. The lowest BCUT2D eigenvalue weighted by atomic mass is 9.96. The van der Waals surface area contributed by atoms with Crippen LogP contribution in [-0.4, -0.2) is 59.0 Å². The van der Waals surface area contributed by atoms with Crippen molar-refractivity contribution in [3.05, 3.63) is 86.6 Å². The molecule has 1 amide bonds. The summed E-state index contributed by atoms with van der Waals surface area (Å²) in [5.74, 6) is 0.766. The second-order valence-electron chi connectivity index (χ2n) is 10.9. The van der Waals surface area contributed by atoms with E-state index in [0.717, 1.165) is 89.4 Å². The fourth-order valence-corrected chi connectivity index (χ4v) is 5.57. The van der Waals surface area contributed by atoms with Gasteiger partial charge in [0.05, 0.1) is 5.52 Å². The first-order valence-electron chi connectivity index (χ1n) is 14.1. The molecule has 8 heteroatoms. The topological polar surface area (TPSA) is 94.2 Å². The highest BCUT2D eigenvalue weighted by atomic mass is 16.1. The number of aromatic amines is 1. The molecule has 4 heterocycles. The van der Waals surface area contributed by atoms with Crippen LogP contribution in [0.4, 0.5) is 5.82 Å². The van der Waals surface area contributed by atoms with Crippen LogP contribution in [0.25, 0.3) is 22.0 Å². The Bertz CT molecular complexity index is 1620. The standard InChI is InChI=1S/C32H38N6O2/c1-6-7-23-16-20(2)36-32(40)28(23)19-34-31(39)25-8-9-26-27(17-21(3)35-30(26)22(25)4)24-10-11-33-29(18-24)38-14-12-37(5)13-15-38/h8-11,16-18H,6-7,12-15,19H2,1-5H3,(H,34,39)(H,36,40). The number of H-pyrrole nitrogens is 1. The van der Waals surface area contributed by atoms with Crippen LogP contribution in [0.3, 0.4) is 0 Å². The summed E-state index contributed by atoms with van der Waals surface area (Å²) in [7, 11) is 2.15. The van der Waals surface area contributed by atoms with E-state index in [0.29, 0.717) is 11.1 Å². The third kappa shape index (κ3) is 5.63. The smallest absolute Gasteiger partial charge is 0.253 e. The molecular weight excluding hydrogens is 500 g/mol. The minimum absolute atomic E-state index is 0.144. The van der Waals surface area contributed by atoms with Gasteiger partial charge in [0.2, 0.25) is 0 Å². The number of aryl methyl sites for hydroxylation is 4. The molecule has 1 fully saturated rings. The maximum Gasteiger partial charge on any atom is 0.253 e. The van der Waals surface area contributed by atoms with Gasteiger partial charge in [-0.2, -0.15) is 0 Å². The number of anilines is 1. The van der Waals surface area contributed by atoms with Crippen molar-refractivity contribution in [2.75, 3.05) is 38.1 Å². The monoisotopic (exact) mass is 538 g/mol. The molecule has 3 aromatic heterocycles. The van der Waals surface area contributed by atoms with Crippen molar-refractivity contribution < 1.29 is 4.79 Å². The van der Waals surface area contributed by atoms with Crippen LogP contribution in [0, 0.1) is 20.8 Å². The summed E-state index contributed by atoms with van der Waals surface area (Å²) >= 11 is 0. The molecule has 0 spiro atoms. The van der Waals surface area contributed by atoms with E-state index in [1.165, 1.54) is 0 Å². The van der Waals surface area contributed by atoms with Gasteiger partial charge >= 0.3 is 0 Å². The van der Waals surface area contributed by atoms with E-state index >= 15 is 0 Å². The molecule has 2 N–H and O–H groups in total. The fourth-order valence-electron chi connectivity index (χ4n) is 5.57. The average Bonchev–Trinajstić information content (AvgIpc) is 2.93. The Morgan fingerprint density at radius 1 is 1.05 bits per heavy atom. The molecule has 1 aliphatic heterocycles. The van der Waals surface area contributed by atoms with E-state index in [9.17, 15) is 9.59 Å². The number of carbonyl (C=O) groups excluding carboxylic acids is 1. The molecule has 0 saturated carbocycles. The van der Waals surface area contributed by atoms with Crippen LogP contribution in [0.1, 0.15) is 51.8 Å². The van der Waals surface area contributed by atoms with Crippen LogP contribution in [-0.2, 0) is 13.0 Å². The molecule has 0 radical (unpaired) electrons. The van der Waals surface area contributed by atoms with Crippen molar-refractivity contribution in [3.63, 3.8) is 0 Å². The summed E-state index contributed by atoms with van der Waals surface area (Å²) in [6.45, 7) is 12.0. The number of pyridine rings is 3. The van der Waals surface area contributed by atoms with Crippen molar-refractivity contribution in [3.8, 4) is 11.1 Å². The summed E-state index contributed by atoms with van der Waals surface area (Å²) in [4.78, 5) is 43.0. The molecule has 0 atom stereocenters. The molecule has 0 bridgehead atoms. The molecule has 1 aliphatic rings. The first-order valence-corrected chi connectivity index (χ1v) is 14.1. The molecule has 0 aliphatic carbocycles. The Morgan fingerprint density at radius 2 is 1.82 bits per heavy atom. The maximum absolute atomic E-state index is 13.3. The van der Waals surface area contributed by atoms with Gasteiger partial charge in [-0.05, 0) is 86.8 Å². The van der Waals surface area contributed by atoms with Gasteiger partial charge in [-0.1, -0.05) is 19.4 Å². The predicted octanol–water partition coefficient (Wildman–Crippen LogP) is 4.54. The Labute approximate surface area is 235 Å². The number of nitrogens with zero attached hydrogens (tertiary/aromatic N) is 4. The van der Waals surface area contributed by atoms with Crippen LogP contribution >= 0.6 is 0 Å². The van der Waals surface area contributed by atoms with E-state index in [1.807, 2.05) is 51.2 Å². The predicted molar refractivity (Wildman–Crippen MR) is 161 cm³/mol. The largest absolute Gasteiger partial charge is 0.354 e. The zero-order valence-corrected chi connectivity index (χ0v) is 24.1. The van der Waals surface area contributed by atoms with Gasteiger partial charge < -0.3 is 20.1 Å². The number of likely N-dealkylation sites (N-methyl/N-ethyl adjacent to an activating group) is 1. The second-order valence-corrected chi connectivity index (χ2v) is 10.9. The third-order valence-electron chi connectivity index (χ3n) is 7.80. The second kappa shape index (κ2) is 11.6. The van der Waals surface area contributed by atoms with E-state index < -0.39 is 0 Å². The number of hydrogen-bond acceptors (Lipinski definition) is 6. The zero-order valence-electron chi connectivity index (χ0n) is 24.1. The van der Waals surface area contributed by atoms with Crippen LogP contribution in [0.2, 0.25) is 0 Å². The van der Waals surface area contributed by atoms with Crippen molar-refractivity contribution >= 4 is 22.6 Å². The Balaban J connectivity index is 1.45. The van der Waals surface area contributed by atoms with E-state index in [1.54, 1.807) is 0 Å². The minimum Gasteiger partial charge on any atom is -0.354 e. The van der Waals surface area contributed by atoms with E-state index in [4.69, 9.17) is 4.98 Å². The minimum atomic E-state index is -0.215. The SMILES string of the molecule is CCCc1cc(C)[nH]c(=O)c1CNC(=O)c1ccc2c(-c3ccnc(N4CCN(C)CC4)c3)cc(C)nc2c1C. The number of piperazine rings is 1. The quantitative estimate of drug-likeness (QED) is 0.359. The van der Waals surface area contributed by atoms with Crippen LogP contribution < -0.4 is 15.8 Å². The highest BCUT2D eigenvalue weighted by Crippen LogP contribution is 2.33. The Kier molecular flexibility index (Phi) is 7.98. The Morgan fingerprint density at radius 3 is 2.58 bits per heavy atom. The van der Waals surface area contributed by atoms with Gasteiger partial charge in [-0.15, -0.1) is 0 Å². The number of carbonyl (C=O) groups is 1. The normalized spacial score (nSPS) is 14.1. The van der Waals surface area contributed by atoms with Crippen molar-refractivity contribution in [2.45, 2.75) is 47.1 Å². The van der Waals surface area contributed by atoms with E-state index in [-0.39, 0.29) is 18.0 Å². The molecule has 0 unspecified atom stereocenters. The number of rotatable bonds is 7. The lowest BCUT2D eigenvalue weighted by Crippen LogP contribution is -2.44. The summed E-state index contributed by atoms with van der Waals surface area (Å²) in [6.07, 6.45) is 3.59. The number of aromatic nitrogens is 3. The number of hydrogen-bond donors (Lipinski definition) is 2. The van der Waals surface area contributed by atoms with E-state index in [2.05, 4.69) is 51.2 Å². The average molecular weight is 539 g/mol. The van der Waals surface area contributed by atoms with Gasteiger partial charge in [-0.3, -0.25) is 14.6 Å².